The van der Waals surface area contributed by atoms with Crippen molar-refractivity contribution in [3.05, 3.63) is 71.6 Å². The lowest BCUT2D eigenvalue weighted by atomic mass is 10.0. The van der Waals surface area contributed by atoms with E-state index in [1.54, 1.807) is 18.5 Å². The number of nitrogens with one attached hydrogen (secondary N) is 2. The first kappa shape index (κ1) is 34.3. The van der Waals surface area contributed by atoms with Gasteiger partial charge in [0.2, 0.25) is 22.7 Å². The van der Waals surface area contributed by atoms with Crippen LogP contribution >= 0.6 is 0 Å². The highest BCUT2D eigenvalue weighted by Crippen LogP contribution is 2.33. The summed E-state index contributed by atoms with van der Waals surface area (Å²) >= 11 is 0. The van der Waals surface area contributed by atoms with Crippen molar-refractivity contribution in [3.63, 3.8) is 0 Å². The molecule has 3 amide bonds. The van der Waals surface area contributed by atoms with Gasteiger partial charge in [-0.25, -0.2) is 27.8 Å². The van der Waals surface area contributed by atoms with E-state index in [1.165, 1.54) is 23.4 Å². The summed E-state index contributed by atoms with van der Waals surface area (Å²) in [5, 5.41) is 15.2. The minimum atomic E-state index is -2.89. The number of imide groups is 1. The van der Waals surface area contributed by atoms with Crippen LogP contribution in [0.1, 0.15) is 54.2 Å². The largest absolute Gasteiger partial charge is 0.352 e. The van der Waals surface area contributed by atoms with Crippen LogP contribution in [0, 0.1) is 5.82 Å². The maximum absolute atomic E-state index is 15.3. The van der Waals surface area contributed by atoms with Gasteiger partial charge in [-0.1, -0.05) is 6.07 Å². The Bertz CT molecular complexity index is 2360. The van der Waals surface area contributed by atoms with Crippen molar-refractivity contribution < 1.29 is 27.2 Å². The quantitative estimate of drug-likeness (QED) is 0.147. The van der Waals surface area contributed by atoms with Crippen LogP contribution in [0.25, 0.3) is 22.3 Å². The van der Waals surface area contributed by atoms with Crippen LogP contribution in [0.3, 0.4) is 0 Å². The maximum Gasteiger partial charge on any atom is 0.258 e. The summed E-state index contributed by atoms with van der Waals surface area (Å²) in [6, 6.07) is 6.11. The number of thiol groups is 1. The van der Waals surface area contributed by atoms with Crippen LogP contribution in [0.5, 0.6) is 0 Å². The van der Waals surface area contributed by atoms with Crippen LogP contribution in [0.2, 0.25) is 0 Å². The van der Waals surface area contributed by atoms with Crippen molar-refractivity contribution >= 4 is 57.0 Å². The third-order valence-corrected chi connectivity index (χ3v) is 10.2. The molecular weight excluding hydrogens is 708 g/mol. The molecule has 0 radical (unpaired) electrons. The molecule has 5 aromatic rings. The number of carbonyl (C=O) groups is 3. The molecule has 1 aromatic carbocycles. The highest BCUT2D eigenvalue weighted by Gasteiger charge is 2.40. The number of piperazine rings is 1. The van der Waals surface area contributed by atoms with Gasteiger partial charge in [-0.2, -0.15) is 14.3 Å². The van der Waals surface area contributed by atoms with Crippen molar-refractivity contribution in [1.29, 1.82) is 0 Å². The Morgan fingerprint density at radius 1 is 1.04 bits per heavy atom. The molecule has 2 fully saturated rings. The molecule has 0 aliphatic carbocycles. The van der Waals surface area contributed by atoms with Gasteiger partial charge in [0.25, 0.3) is 5.91 Å². The van der Waals surface area contributed by atoms with Gasteiger partial charge in [0.15, 0.2) is 11.6 Å². The first-order valence-corrected chi connectivity index (χ1v) is 18.3. The van der Waals surface area contributed by atoms with Gasteiger partial charge in [-0.05, 0) is 43.5 Å². The number of hydrogen-bond acceptors (Lipinski definition) is 13. The predicted molar refractivity (Wildman–Crippen MR) is 190 cm³/mol. The first-order chi connectivity index (χ1) is 25.5. The third-order valence-electron chi connectivity index (χ3n) is 9.68. The Kier molecular flexibility index (Phi) is 8.81. The number of pyridine rings is 1. The molecule has 1 unspecified atom stereocenters. The van der Waals surface area contributed by atoms with E-state index in [0.29, 0.717) is 61.3 Å². The lowest BCUT2D eigenvalue weighted by molar-refractivity contribution is -0.136. The molecule has 53 heavy (non-hydrogen) atoms. The molecule has 0 saturated carbocycles. The number of carbonyl (C=O) groups excluding carboxylic acids is 3. The molecule has 1 atom stereocenters. The smallest absolute Gasteiger partial charge is 0.258 e. The number of benzene rings is 1. The zero-order chi connectivity index (χ0) is 37.0. The molecule has 7 heterocycles. The second-order valence-corrected chi connectivity index (χ2v) is 14.4. The average Bonchev–Trinajstić information content (AvgIpc) is 3.85. The Hall–Kier alpha value is -5.82. The highest BCUT2D eigenvalue weighted by atomic mass is 32.2. The van der Waals surface area contributed by atoms with Gasteiger partial charge >= 0.3 is 0 Å². The Labute approximate surface area is 303 Å². The number of fused-ring (bicyclic) bond motifs is 2. The van der Waals surface area contributed by atoms with Crippen molar-refractivity contribution in [3.8, 4) is 11.4 Å². The minimum absolute atomic E-state index is 0.00494. The second kappa shape index (κ2) is 13.6. The number of aromatic nitrogens is 7. The van der Waals surface area contributed by atoms with Gasteiger partial charge in [0.05, 0.1) is 34.4 Å². The summed E-state index contributed by atoms with van der Waals surface area (Å²) in [6.45, 7) is 7.49. The molecule has 2 N–H and O–H groups in total. The summed E-state index contributed by atoms with van der Waals surface area (Å²) in [5.41, 5.74) is 2.63. The molecule has 0 bridgehead atoms. The zero-order valence-corrected chi connectivity index (χ0v) is 29.7. The summed E-state index contributed by atoms with van der Waals surface area (Å²) < 4.78 is 40.6. The Morgan fingerprint density at radius 2 is 1.85 bits per heavy atom. The van der Waals surface area contributed by atoms with Crippen LogP contribution in [0.4, 0.5) is 21.8 Å². The fraction of sp³-hybridized carbons (Fsp3) is 0.353. The molecule has 3 aliphatic rings. The highest BCUT2D eigenvalue weighted by molar-refractivity contribution is 7.70. The van der Waals surface area contributed by atoms with Crippen LogP contribution in [-0.4, -0.2) is 102 Å². The predicted octanol–water partition coefficient (Wildman–Crippen LogP) is 2.01. The fourth-order valence-corrected chi connectivity index (χ4v) is 7.47. The summed E-state index contributed by atoms with van der Waals surface area (Å²) in [5.74, 6) is 0.116. The molecular formula is C34H35FN12O5S. The van der Waals surface area contributed by atoms with Gasteiger partial charge in [-0.15, -0.1) is 0 Å². The fourth-order valence-electron chi connectivity index (χ4n) is 7.12. The van der Waals surface area contributed by atoms with E-state index in [4.69, 9.17) is 5.10 Å². The number of halogens is 1. The van der Waals surface area contributed by atoms with Crippen molar-refractivity contribution in [2.24, 2.45) is 0 Å². The van der Waals surface area contributed by atoms with Crippen molar-refractivity contribution in [2.45, 2.75) is 51.9 Å². The summed E-state index contributed by atoms with van der Waals surface area (Å²) in [7, 11) is -2.89. The van der Waals surface area contributed by atoms with E-state index in [2.05, 4.69) is 54.3 Å². The van der Waals surface area contributed by atoms with Crippen molar-refractivity contribution in [1.82, 2.24) is 49.0 Å². The lowest BCUT2D eigenvalue weighted by Gasteiger charge is -2.35. The van der Waals surface area contributed by atoms with E-state index in [9.17, 15) is 22.8 Å². The molecule has 0 spiro atoms. The molecule has 4 aromatic heterocycles. The van der Waals surface area contributed by atoms with Gasteiger partial charge in [0.1, 0.15) is 23.5 Å². The van der Waals surface area contributed by atoms with Crippen LogP contribution in [0.15, 0.2) is 49.1 Å². The van der Waals surface area contributed by atoms with Crippen LogP contribution < -0.4 is 15.5 Å². The van der Waals surface area contributed by atoms with E-state index in [1.807, 2.05) is 16.8 Å². The zero-order valence-electron chi connectivity index (χ0n) is 28.8. The van der Waals surface area contributed by atoms with Gasteiger partial charge in [0, 0.05) is 70.2 Å². The van der Waals surface area contributed by atoms with Gasteiger partial charge in [-0.3, -0.25) is 29.3 Å². The number of amides is 3. The number of rotatable bonds is 9. The number of piperidine rings is 1. The SMILES string of the molecule is CC(C)n1nc(N2CCN(Cc3cc(F)c4c(c3)CN(C3CCC(=O)NC3=O)C4=O)CC2)c2cnc(Nc3ccnc(-c4cnn([SH](=O)=O)c4)n3)cc21. The van der Waals surface area contributed by atoms with E-state index in [0.717, 1.165) is 26.4 Å². The summed E-state index contributed by atoms with van der Waals surface area (Å²) in [4.78, 5) is 56.4. The monoisotopic (exact) mass is 742 g/mol. The van der Waals surface area contributed by atoms with E-state index < -0.39 is 34.6 Å². The molecule has 8 rings (SSSR count). The molecule has 2 saturated heterocycles. The van der Waals surface area contributed by atoms with Gasteiger partial charge < -0.3 is 15.1 Å². The maximum atomic E-state index is 15.3. The summed E-state index contributed by atoms with van der Waals surface area (Å²) in [6.07, 6.45) is 6.43. The number of anilines is 3. The topological polar surface area (TPSA) is 193 Å². The first-order valence-electron chi connectivity index (χ1n) is 17.1. The van der Waals surface area contributed by atoms with E-state index >= 15 is 4.39 Å². The molecule has 3 aliphatic heterocycles. The Morgan fingerprint density at radius 3 is 2.58 bits per heavy atom. The lowest BCUT2D eigenvalue weighted by Crippen LogP contribution is -2.52. The van der Waals surface area contributed by atoms with Crippen LogP contribution in [-0.2, 0) is 33.6 Å². The van der Waals surface area contributed by atoms with E-state index in [-0.39, 0.29) is 36.9 Å². The second-order valence-electron chi connectivity index (χ2n) is 13.5. The number of nitrogens with zero attached hydrogens (tertiary/aromatic N) is 10. The number of hydrogen-bond donors (Lipinski definition) is 3. The Balaban J connectivity index is 0.946. The third kappa shape index (κ3) is 6.56. The average molecular weight is 743 g/mol. The molecule has 19 heteroatoms. The normalized spacial score (nSPS) is 18.1. The standard InChI is InChI=1S/C34H35FN12O5S/c1-19(2)47-26-13-28(39-27-5-6-36-31(40-27)22-14-38-46(18-22)53(51)52)37-15-23(26)32(42-47)44-9-7-43(8-10-44)16-20-11-21-17-45(34(50)30(21)24(35)12-20)25-3-4-29(48)41-33(25)49/h5-6,11-15,18-19,25,53H,3-4,7-10,16-17H2,1-2H3,(H,41,48,49)(H,36,37,39,40). The molecule has 274 valence electrons. The van der Waals surface area contributed by atoms with Crippen molar-refractivity contribution in [2.75, 3.05) is 36.4 Å². The minimum Gasteiger partial charge on any atom is -0.352 e. The molecule has 17 nitrogen and oxygen atoms in total.